The van der Waals surface area contributed by atoms with E-state index in [1.165, 1.54) is 42.3 Å². The van der Waals surface area contributed by atoms with Gasteiger partial charge in [-0.05, 0) is 24.1 Å². The summed E-state index contributed by atoms with van der Waals surface area (Å²) < 4.78 is 18.1. The lowest BCUT2D eigenvalue weighted by molar-refractivity contribution is -0.145. The molecule has 0 aliphatic heterocycles. The number of thiazole rings is 1. The molecule has 0 saturated carbocycles. The van der Waals surface area contributed by atoms with Gasteiger partial charge in [-0.3, -0.25) is 14.6 Å². The van der Waals surface area contributed by atoms with E-state index in [0.717, 1.165) is 6.07 Å². The number of carbonyl (C=O) groups excluding carboxylic acids is 2. The minimum atomic E-state index is -0.764. The van der Waals surface area contributed by atoms with Crippen molar-refractivity contribution in [2.75, 3.05) is 13.7 Å². The van der Waals surface area contributed by atoms with Gasteiger partial charge in [-0.1, -0.05) is 6.07 Å². The maximum absolute atomic E-state index is 13.4. The third-order valence-electron chi connectivity index (χ3n) is 3.19. The van der Waals surface area contributed by atoms with E-state index in [4.69, 9.17) is 4.74 Å². The fourth-order valence-corrected chi connectivity index (χ4v) is 2.53. The smallest absolute Gasteiger partial charge is 0.310 e. The fraction of sp³-hybridized carbons (Fsp3) is 0.267. The van der Waals surface area contributed by atoms with Crippen molar-refractivity contribution in [3.63, 3.8) is 0 Å². The van der Waals surface area contributed by atoms with Crippen molar-refractivity contribution in [2.24, 2.45) is 5.92 Å². The monoisotopic (exact) mass is 338 g/mol. The number of esters is 1. The topological polar surface area (TPSA) is 88.5 Å². The Bertz CT molecular complexity index is 691. The molecule has 8 heteroatoms. The van der Waals surface area contributed by atoms with Gasteiger partial charge in [-0.2, -0.15) is 0 Å². The highest BCUT2D eigenvalue weighted by Crippen LogP contribution is 2.19. The first-order valence-corrected chi connectivity index (χ1v) is 7.61. The molecule has 1 aromatic carbocycles. The summed E-state index contributed by atoms with van der Waals surface area (Å²) in [6.07, 6.45) is 1.61. The number of methoxy groups -OCH3 is 1. The average molecular weight is 338 g/mol. The summed E-state index contributed by atoms with van der Waals surface area (Å²) in [5.41, 5.74) is 2.05. The van der Waals surface area contributed by atoms with E-state index in [2.05, 4.69) is 10.3 Å². The van der Waals surface area contributed by atoms with Gasteiger partial charge in [-0.15, -0.1) is 11.3 Å². The number of aromatic hydroxyl groups is 1. The van der Waals surface area contributed by atoms with Crippen molar-refractivity contribution in [1.29, 1.82) is 0 Å². The van der Waals surface area contributed by atoms with E-state index >= 15 is 0 Å². The van der Waals surface area contributed by atoms with Crippen molar-refractivity contribution in [2.45, 2.75) is 6.42 Å². The van der Waals surface area contributed by atoms with Gasteiger partial charge in [0.1, 0.15) is 4.88 Å². The number of phenolic OH excluding ortho intramolecular Hbond substituents is 1. The molecule has 0 aliphatic rings. The normalized spacial score (nSPS) is 11.7. The molecule has 0 bridgehead atoms. The molecule has 0 saturated heterocycles. The number of carbonyl (C=O) groups is 2. The van der Waals surface area contributed by atoms with E-state index in [9.17, 15) is 19.1 Å². The Morgan fingerprint density at radius 1 is 1.48 bits per heavy atom. The third kappa shape index (κ3) is 4.49. The van der Waals surface area contributed by atoms with Gasteiger partial charge in [0.25, 0.3) is 5.91 Å². The summed E-state index contributed by atoms with van der Waals surface area (Å²) in [6.45, 7) is 0.0475. The van der Waals surface area contributed by atoms with Crippen LogP contribution in [-0.4, -0.2) is 35.6 Å². The van der Waals surface area contributed by atoms with Crippen molar-refractivity contribution in [3.05, 3.63) is 46.2 Å². The van der Waals surface area contributed by atoms with Crippen molar-refractivity contribution in [3.8, 4) is 5.75 Å². The van der Waals surface area contributed by atoms with E-state index in [-0.39, 0.29) is 18.9 Å². The summed E-state index contributed by atoms with van der Waals surface area (Å²) in [6, 6.07) is 3.88. The van der Waals surface area contributed by atoms with E-state index in [0.29, 0.717) is 10.4 Å². The van der Waals surface area contributed by atoms with Crippen LogP contribution in [0.1, 0.15) is 15.2 Å². The molecular weight excluding hydrogens is 323 g/mol. The van der Waals surface area contributed by atoms with Crippen LogP contribution < -0.4 is 5.32 Å². The number of nitrogens with one attached hydrogen (secondary N) is 1. The van der Waals surface area contributed by atoms with E-state index in [1.54, 1.807) is 0 Å². The molecular formula is C15H15FN2O4S. The molecule has 1 unspecified atom stereocenters. The zero-order valence-corrected chi connectivity index (χ0v) is 13.1. The molecule has 0 fully saturated rings. The molecule has 0 spiro atoms. The van der Waals surface area contributed by atoms with E-state index in [1.807, 2.05) is 0 Å². The minimum absolute atomic E-state index is 0.0475. The number of halogens is 1. The number of nitrogens with zero attached hydrogens (tertiary/aromatic N) is 1. The molecule has 1 aromatic heterocycles. The zero-order valence-electron chi connectivity index (χ0n) is 12.3. The highest BCUT2D eigenvalue weighted by atomic mass is 32.1. The minimum Gasteiger partial charge on any atom is -0.505 e. The van der Waals surface area contributed by atoms with Gasteiger partial charge >= 0.3 is 5.97 Å². The zero-order chi connectivity index (χ0) is 16.8. The maximum Gasteiger partial charge on any atom is 0.310 e. The standard InChI is InChI=1S/C15H15FN2O4S/c1-22-15(21)10(4-9-2-3-12(19)11(16)5-9)6-18-14(20)13-7-17-8-23-13/h2-3,5,7-8,10,19H,4,6H2,1H3,(H,18,20). The van der Waals surface area contributed by atoms with Gasteiger partial charge in [-0.25, -0.2) is 4.39 Å². The molecule has 1 heterocycles. The maximum atomic E-state index is 13.4. The second kappa shape index (κ2) is 7.68. The number of ether oxygens (including phenoxy) is 1. The molecule has 1 atom stereocenters. The number of phenols is 1. The number of hydrogen-bond donors (Lipinski definition) is 2. The molecule has 23 heavy (non-hydrogen) atoms. The predicted molar refractivity (Wildman–Crippen MR) is 81.7 cm³/mol. The van der Waals surface area contributed by atoms with Crippen molar-refractivity contribution >= 4 is 23.2 Å². The molecule has 6 nitrogen and oxygen atoms in total. The van der Waals surface area contributed by atoms with Gasteiger partial charge in [0.15, 0.2) is 11.6 Å². The Hall–Kier alpha value is -2.48. The van der Waals surface area contributed by atoms with Crippen LogP contribution in [0, 0.1) is 11.7 Å². The Morgan fingerprint density at radius 2 is 2.26 bits per heavy atom. The lowest BCUT2D eigenvalue weighted by Gasteiger charge is -2.15. The lowest BCUT2D eigenvalue weighted by atomic mass is 9.99. The average Bonchev–Trinajstić information content (AvgIpc) is 3.08. The molecule has 0 radical (unpaired) electrons. The SMILES string of the molecule is COC(=O)C(CNC(=O)c1cncs1)Cc1ccc(O)c(F)c1. The van der Waals surface area contributed by atoms with Crippen LogP contribution in [0.2, 0.25) is 0 Å². The Labute approximate surface area is 135 Å². The quantitative estimate of drug-likeness (QED) is 0.784. The second-order valence-electron chi connectivity index (χ2n) is 4.79. The summed E-state index contributed by atoms with van der Waals surface area (Å²) >= 11 is 1.19. The van der Waals surface area contributed by atoms with Gasteiger partial charge < -0.3 is 15.2 Å². The van der Waals surface area contributed by atoms with Crippen LogP contribution >= 0.6 is 11.3 Å². The largest absolute Gasteiger partial charge is 0.505 e. The first-order chi connectivity index (χ1) is 11.0. The summed E-state index contributed by atoms with van der Waals surface area (Å²) in [5.74, 6) is -2.73. The molecule has 1 amide bonds. The molecule has 122 valence electrons. The summed E-state index contributed by atoms with van der Waals surface area (Å²) in [7, 11) is 1.25. The number of benzene rings is 1. The predicted octanol–water partition coefficient (Wildman–Crippen LogP) is 1.75. The number of aromatic nitrogens is 1. The van der Waals surface area contributed by atoms with Crippen LogP contribution in [0.3, 0.4) is 0 Å². The molecule has 2 rings (SSSR count). The van der Waals surface area contributed by atoms with Gasteiger partial charge in [0, 0.05) is 6.54 Å². The third-order valence-corrected chi connectivity index (χ3v) is 3.97. The summed E-state index contributed by atoms with van der Waals surface area (Å²) in [4.78, 5) is 28.0. The highest BCUT2D eigenvalue weighted by Gasteiger charge is 2.21. The van der Waals surface area contributed by atoms with E-state index < -0.39 is 23.5 Å². The van der Waals surface area contributed by atoms with Crippen molar-refractivity contribution in [1.82, 2.24) is 10.3 Å². The summed E-state index contributed by atoms with van der Waals surface area (Å²) in [5, 5.41) is 11.8. The highest BCUT2D eigenvalue weighted by molar-refractivity contribution is 7.11. The number of amides is 1. The molecule has 0 aliphatic carbocycles. The first kappa shape index (κ1) is 16.9. The van der Waals surface area contributed by atoms with Crippen LogP contribution in [0.5, 0.6) is 5.75 Å². The molecule has 2 N–H and O–H groups in total. The van der Waals surface area contributed by atoms with Crippen LogP contribution in [0.15, 0.2) is 29.9 Å². The Kier molecular flexibility index (Phi) is 5.64. The Morgan fingerprint density at radius 3 is 2.87 bits per heavy atom. The number of rotatable bonds is 6. The fourth-order valence-electron chi connectivity index (χ4n) is 2.00. The molecule has 2 aromatic rings. The van der Waals surface area contributed by atoms with Gasteiger partial charge in [0.05, 0.1) is 24.7 Å². The lowest BCUT2D eigenvalue weighted by Crippen LogP contribution is -2.34. The van der Waals surface area contributed by atoms with Crippen LogP contribution in [-0.2, 0) is 16.0 Å². The first-order valence-electron chi connectivity index (χ1n) is 6.73. The van der Waals surface area contributed by atoms with Crippen molar-refractivity contribution < 1.29 is 23.8 Å². The number of hydrogen-bond acceptors (Lipinski definition) is 6. The van der Waals surface area contributed by atoms with Crippen LogP contribution in [0.25, 0.3) is 0 Å². The second-order valence-corrected chi connectivity index (χ2v) is 5.67. The van der Waals surface area contributed by atoms with Gasteiger partial charge in [0.2, 0.25) is 0 Å². The Balaban J connectivity index is 2.03. The van der Waals surface area contributed by atoms with Crippen LogP contribution in [0.4, 0.5) is 4.39 Å².